The first-order valence-corrected chi connectivity index (χ1v) is 5.38. The largest absolute Gasteiger partial charge is 0.507 e. The molecule has 2 aromatic rings. The van der Waals surface area contributed by atoms with Crippen LogP contribution in [0.2, 0.25) is 5.02 Å². The summed E-state index contributed by atoms with van der Waals surface area (Å²) in [7, 11) is 0. The third-order valence-electron chi connectivity index (χ3n) is 2.46. The number of phenols is 1. The van der Waals surface area contributed by atoms with E-state index in [1.165, 1.54) is 30.3 Å². The van der Waals surface area contributed by atoms with Gasteiger partial charge in [-0.15, -0.1) is 0 Å². The highest BCUT2D eigenvalue weighted by molar-refractivity contribution is 6.33. The molecule has 2 rings (SSSR count). The Balaban J connectivity index is 2.58. The molecule has 0 aliphatic heterocycles. The van der Waals surface area contributed by atoms with Crippen LogP contribution in [0.4, 0.5) is 4.39 Å². The van der Waals surface area contributed by atoms with Crippen molar-refractivity contribution in [2.75, 3.05) is 0 Å². The van der Waals surface area contributed by atoms with Gasteiger partial charge in [-0.05, 0) is 36.4 Å². The molecule has 0 heterocycles. The lowest BCUT2D eigenvalue weighted by Gasteiger charge is -2.08. The summed E-state index contributed by atoms with van der Waals surface area (Å²) in [5.74, 6) is -1.90. The summed E-state index contributed by atoms with van der Waals surface area (Å²) in [6.45, 7) is 0. The van der Waals surface area contributed by atoms with Crippen LogP contribution in [0.5, 0.6) is 5.75 Å². The smallest absolute Gasteiger partial charge is 0.335 e. The second-order valence-electron chi connectivity index (χ2n) is 3.66. The number of aromatic hydroxyl groups is 1. The fraction of sp³-hybridized carbons (Fsp3) is 0. The first-order chi connectivity index (χ1) is 8.49. The van der Waals surface area contributed by atoms with Crippen LogP contribution in [0.25, 0.3) is 11.1 Å². The van der Waals surface area contributed by atoms with Gasteiger partial charge in [0.25, 0.3) is 0 Å². The van der Waals surface area contributed by atoms with E-state index in [-0.39, 0.29) is 21.9 Å². The molecule has 0 atom stereocenters. The van der Waals surface area contributed by atoms with Crippen molar-refractivity contribution in [2.45, 2.75) is 0 Å². The summed E-state index contributed by atoms with van der Waals surface area (Å²) in [6.07, 6.45) is 0. The Morgan fingerprint density at radius 2 is 1.83 bits per heavy atom. The number of hydrogen-bond acceptors (Lipinski definition) is 2. The van der Waals surface area contributed by atoms with Crippen molar-refractivity contribution in [3.05, 3.63) is 52.8 Å². The Bertz CT molecular complexity index is 626. The number of aromatic carboxylic acids is 1. The lowest BCUT2D eigenvalue weighted by Crippen LogP contribution is -1.95. The van der Waals surface area contributed by atoms with Gasteiger partial charge in [-0.3, -0.25) is 0 Å². The SMILES string of the molecule is O=C(O)c1ccc(-c2cc(F)ccc2Cl)c(O)c1. The van der Waals surface area contributed by atoms with E-state index in [4.69, 9.17) is 16.7 Å². The van der Waals surface area contributed by atoms with E-state index in [0.717, 1.165) is 6.07 Å². The molecular weight excluding hydrogens is 259 g/mol. The summed E-state index contributed by atoms with van der Waals surface area (Å²) >= 11 is 5.91. The van der Waals surface area contributed by atoms with Gasteiger partial charge in [-0.25, -0.2) is 9.18 Å². The highest BCUT2D eigenvalue weighted by Gasteiger charge is 2.12. The van der Waals surface area contributed by atoms with Gasteiger partial charge in [-0.1, -0.05) is 11.6 Å². The van der Waals surface area contributed by atoms with E-state index in [0.29, 0.717) is 5.56 Å². The monoisotopic (exact) mass is 266 g/mol. The Kier molecular flexibility index (Phi) is 3.21. The first kappa shape index (κ1) is 12.4. The number of carboxylic acids is 1. The summed E-state index contributed by atoms with van der Waals surface area (Å²) in [4.78, 5) is 10.7. The number of rotatable bonds is 2. The van der Waals surface area contributed by atoms with Crippen LogP contribution in [0, 0.1) is 5.82 Å². The van der Waals surface area contributed by atoms with Crippen molar-refractivity contribution >= 4 is 17.6 Å². The Hall–Kier alpha value is -2.07. The molecule has 0 radical (unpaired) electrons. The van der Waals surface area contributed by atoms with E-state index in [2.05, 4.69) is 0 Å². The van der Waals surface area contributed by atoms with E-state index >= 15 is 0 Å². The summed E-state index contributed by atoms with van der Waals surface area (Å²) < 4.78 is 13.1. The summed E-state index contributed by atoms with van der Waals surface area (Å²) in [5, 5.41) is 18.8. The zero-order chi connectivity index (χ0) is 13.3. The highest BCUT2D eigenvalue weighted by atomic mass is 35.5. The van der Waals surface area contributed by atoms with Gasteiger partial charge in [0.1, 0.15) is 11.6 Å². The van der Waals surface area contributed by atoms with Crippen LogP contribution in [-0.4, -0.2) is 16.2 Å². The molecule has 5 heteroatoms. The molecule has 2 N–H and O–H groups in total. The van der Waals surface area contributed by atoms with Gasteiger partial charge >= 0.3 is 5.97 Å². The van der Waals surface area contributed by atoms with E-state index in [9.17, 15) is 14.3 Å². The van der Waals surface area contributed by atoms with Crippen molar-refractivity contribution < 1.29 is 19.4 Å². The maximum absolute atomic E-state index is 13.1. The summed E-state index contributed by atoms with van der Waals surface area (Å²) in [5.41, 5.74) is 0.541. The fourth-order valence-corrected chi connectivity index (χ4v) is 1.82. The van der Waals surface area contributed by atoms with Crippen molar-refractivity contribution in [1.82, 2.24) is 0 Å². The number of carbonyl (C=O) groups is 1. The van der Waals surface area contributed by atoms with E-state index < -0.39 is 11.8 Å². The van der Waals surface area contributed by atoms with Crippen molar-refractivity contribution in [2.24, 2.45) is 0 Å². The van der Waals surface area contributed by atoms with Gasteiger partial charge in [0.05, 0.1) is 5.56 Å². The van der Waals surface area contributed by atoms with Crippen LogP contribution < -0.4 is 0 Å². The molecule has 0 aromatic heterocycles. The van der Waals surface area contributed by atoms with Gasteiger partial charge < -0.3 is 10.2 Å². The van der Waals surface area contributed by atoms with Gasteiger partial charge in [0.2, 0.25) is 0 Å². The normalized spacial score (nSPS) is 10.3. The molecule has 0 unspecified atom stereocenters. The number of phenolic OH excluding ortho intramolecular Hbond substituents is 1. The summed E-state index contributed by atoms with van der Waals surface area (Å²) in [6, 6.07) is 7.56. The van der Waals surface area contributed by atoms with E-state index in [1.807, 2.05) is 0 Å². The molecule has 0 aliphatic rings. The van der Waals surface area contributed by atoms with Crippen LogP contribution in [0.3, 0.4) is 0 Å². The van der Waals surface area contributed by atoms with Gasteiger partial charge in [0.15, 0.2) is 0 Å². The highest BCUT2D eigenvalue weighted by Crippen LogP contribution is 2.35. The predicted molar refractivity (Wildman–Crippen MR) is 65.5 cm³/mol. The molecule has 0 amide bonds. The quantitative estimate of drug-likeness (QED) is 0.874. The number of carboxylic acid groups (broad SMARTS) is 1. The zero-order valence-corrected chi connectivity index (χ0v) is 9.78. The second-order valence-corrected chi connectivity index (χ2v) is 4.07. The Labute approximate surface area is 107 Å². The molecule has 92 valence electrons. The molecule has 2 aromatic carbocycles. The Morgan fingerprint density at radius 3 is 2.44 bits per heavy atom. The maximum Gasteiger partial charge on any atom is 0.335 e. The van der Waals surface area contributed by atoms with Crippen molar-refractivity contribution in [3.8, 4) is 16.9 Å². The molecule has 0 bridgehead atoms. The van der Waals surface area contributed by atoms with Crippen LogP contribution in [-0.2, 0) is 0 Å². The van der Waals surface area contributed by atoms with Crippen LogP contribution >= 0.6 is 11.6 Å². The molecule has 18 heavy (non-hydrogen) atoms. The number of halogens is 2. The lowest BCUT2D eigenvalue weighted by atomic mass is 10.0. The van der Waals surface area contributed by atoms with Gasteiger partial charge in [-0.2, -0.15) is 0 Å². The number of hydrogen-bond donors (Lipinski definition) is 2. The molecule has 0 fully saturated rings. The molecule has 0 spiro atoms. The zero-order valence-electron chi connectivity index (χ0n) is 9.02. The average molecular weight is 267 g/mol. The first-order valence-electron chi connectivity index (χ1n) is 5.01. The average Bonchev–Trinajstić information content (AvgIpc) is 2.32. The topological polar surface area (TPSA) is 57.5 Å². The van der Waals surface area contributed by atoms with Crippen LogP contribution in [0.15, 0.2) is 36.4 Å². The lowest BCUT2D eigenvalue weighted by molar-refractivity contribution is 0.0696. The molecule has 0 saturated carbocycles. The minimum atomic E-state index is -1.15. The maximum atomic E-state index is 13.1. The van der Waals surface area contributed by atoms with Gasteiger partial charge in [0, 0.05) is 16.1 Å². The second kappa shape index (κ2) is 4.66. The Morgan fingerprint density at radius 1 is 1.11 bits per heavy atom. The minimum Gasteiger partial charge on any atom is -0.507 e. The predicted octanol–water partition coefficient (Wildman–Crippen LogP) is 3.55. The molecular formula is C13H8ClFO3. The molecule has 3 nitrogen and oxygen atoms in total. The van der Waals surface area contributed by atoms with Crippen molar-refractivity contribution in [1.29, 1.82) is 0 Å². The third-order valence-corrected chi connectivity index (χ3v) is 2.79. The molecule has 0 aliphatic carbocycles. The number of benzene rings is 2. The fourth-order valence-electron chi connectivity index (χ4n) is 1.60. The standard InChI is InChI=1S/C13H8ClFO3/c14-11-4-2-8(15)6-10(11)9-3-1-7(13(17)18)5-12(9)16/h1-6,16H,(H,17,18). The third kappa shape index (κ3) is 2.28. The molecule has 0 saturated heterocycles. The van der Waals surface area contributed by atoms with Crippen LogP contribution in [0.1, 0.15) is 10.4 Å². The van der Waals surface area contributed by atoms with E-state index in [1.54, 1.807) is 0 Å². The minimum absolute atomic E-state index is 0.0521. The van der Waals surface area contributed by atoms with Crippen molar-refractivity contribution in [3.63, 3.8) is 0 Å².